The van der Waals surface area contributed by atoms with E-state index in [2.05, 4.69) is 10.1 Å². The zero-order valence-corrected chi connectivity index (χ0v) is 10.2. The van der Waals surface area contributed by atoms with Crippen molar-refractivity contribution in [1.29, 1.82) is 0 Å². The smallest absolute Gasteiger partial charge is 0.326 e. The van der Waals surface area contributed by atoms with Crippen LogP contribution in [-0.2, 0) is 14.3 Å². The maximum Gasteiger partial charge on any atom is 0.326 e. The van der Waals surface area contributed by atoms with Crippen molar-refractivity contribution in [2.75, 3.05) is 20.2 Å². The Hall–Kier alpha value is -1.79. The molecule has 0 aliphatic heterocycles. The van der Waals surface area contributed by atoms with Crippen molar-refractivity contribution in [1.82, 2.24) is 10.2 Å². The molecule has 1 atom stereocenters. The number of nitrogens with one attached hydrogen (secondary N) is 1. The SMILES string of the molecule is CC[C@@H](NC(=O)N(CC)CC(=O)OC)C(=O)O. The highest BCUT2D eigenvalue weighted by Gasteiger charge is 2.22. The van der Waals surface area contributed by atoms with Crippen molar-refractivity contribution in [3.8, 4) is 0 Å². The number of carbonyl (C=O) groups excluding carboxylic acids is 2. The van der Waals surface area contributed by atoms with Gasteiger partial charge in [-0.25, -0.2) is 9.59 Å². The molecule has 7 heteroatoms. The Morgan fingerprint density at radius 3 is 2.29 bits per heavy atom. The maximum atomic E-state index is 11.6. The quantitative estimate of drug-likeness (QED) is 0.646. The van der Waals surface area contributed by atoms with Gasteiger partial charge >= 0.3 is 18.0 Å². The number of hydrogen-bond acceptors (Lipinski definition) is 4. The van der Waals surface area contributed by atoms with E-state index in [0.29, 0.717) is 0 Å². The number of carbonyl (C=O) groups is 3. The summed E-state index contributed by atoms with van der Waals surface area (Å²) in [5.74, 6) is -1.65. The number of methoxy groups -OCH3 is 1. The summed E-state index contributed by atoms with van der Waals surface area (Å²) < 4.78 is 4.43. The highest BCUT2D eigenvalue weighted by atomic mass is 16.5. The summed E-state index contributed by atoms with van der Waals surface area (Å²) in [7, 11) is 1.22. The first-order chi connectivity index (χ1) is 7.96. The molecule has 0 rings (SSSR count). The first-order valence-corrected chi connectivity index (χ1v) is 5.31. The van der Waals surface area contributed by atoms with Crippen LogP contribution in [0.1, 0.15) is 20.3 Å². The Balaban J connectivity index is 4.43. The molecule has 2 amide bonds. The lowest BCUT2D eigenvalue weighted by Crippen LogP contribution is -2.49. The second kappa shape index (κ2) is 7.48. The molecule has 0 fully saturated rings. The van der Waals surface area contributed by atoms with Crippen LogP contribution in [0.5, 0.6) is 0 Å². The Morgan fingerprint density at radius 1 is 1.35 bits per heavy atom. The average molecular weight is 246 g/mol. The number of ether oxygens (including phenoxy) is 1. The largest absolute Gasteiger partial charge is 0.480 e. The first kappa shape index (κ1) is 15.2. The molecule has 0 aromatic rings. The molecule has 98 valence electrons. The van der Waals surface area contributed by atoms with Crippen LogP contribution in [0.4, 0.5) is 4.79 Å². The highest BCUT2D eigenvalue weighted by molar-refractivity contribution is 5.85. The second-order valence-corrected chi connectivity index (χ2v) is 3.34. The van der Waals surface area contributed by atoms with Gasteiger partial charge in [-0.15, -0.1) is 0 Å². The van der Waals surface area contributed by atoms with Gasteiger partial charge in [0, 0.05) is 6.54 Å². The number of rotatable bonds is 6. The lowest BCUT2D eigenvalue weighted by atomic mass is 10.2. The van der Waals surface area contributed by atoms with Crippen LogP contribution in [0, 0.1) is 0 Å². The summed E-state index contributed by atoms with van der Waals surface area (Å²) in [6, 6.07) is -1.54. The molecule has 0 saturated heterocycles. The minimum Gasteiger partial charge on any atom is -0.480 e. The molecule has 0 bridgehead atoms. The van der Waals surface area contributed by atoms with Gasteiger partial charge < -0.3 is 20.1 Å². The summed E-state index contributed by atoms with van der Waals surface area (Å²) in [5, 5.41) is 11.1. The van der Waals surface area contributed by atoms with Crippen LogP contribution in [-0.4, -0.2) is 54.2 Å². The molecule has 0 saturated carbocycles. The number of nitrogens with zero attached hydrogens (tertiary/aromatic N) is 1. The number of aliphatic carboxylic acids is 1. The fourth-order valence-corrected chi connectivity index (χ4v) is 1.13. The molecule has 0 aliphatic rings. The van der Waals surface area contributed by atoms with E-state index in [9.17, 15) is 14.4 Å². The number of amides is 2. The number of esters is 1. The molecule has 0 unspecified atom stereocenters. The van der Waals surface area contributed by atoms with Crippen LogP contribution in [0.25, 0.3) is 0 Å². The van der Waals surface area contributed by atoms with Crippen molar-refractivity contribution >= 4 is 18.0 Å². The Bertz CT molecular complexity index is 292. The van der Waals surface area contributed by atoms with Gasteiger partial charge in [0.05, 0.1) is 7.11 Å². The minimum absolute atomic E-state index is 0.200. The van der Waals surface area contributed by atoms with Gasteiger partial charge in [-0.05, 0) is 13.3 Å². The Kier molecular flexibility index (Phi) is 6.69. The van der Waals surface area contributed by atoms with E-state index in [4.69, 9.17) is 5.11 Å². The summed E-state index contributed by atoms with van der Waals surface area (Å²) >= 11 is 0. The van der Waals surface area contributed by atoms with E-state index < -0.39 is 24.0 Å². The maximum absolute atomic E-state index is 11.6. The van der Waals surface area contributed by atoms with E-state index in [1.54, 1.807) is 13.8 Å². The lowest BCUT2D eigenvalue weighted by molar-refractivity contribution is -0.141. The third-order valence-corrected chi connectivity index (χ3v) is 2.22. The zero-order valence-electron chi connectivity index (χ0n) is 10.2. The average Bonchev–Trinajstić information content (AvgIpc) is 2.31. The van der Waals surface area contributed by atoms with Crippen LogP contribution in [0.3, 0.4) is 0 Å². The van der Waals surface area contributed by atoms with Gasteiger partial charge in [0.15, 0.2) is 0 Å². The van der Waals surface area contributed by atoms with Crippen LogP contribution in [0.2, 0.25) is 0 Å². The minimum atomic E-state index is -1.10. The summed E-state index contributed by atoms with van der Waals surface area (Å²) in [4.78, 5) is 34.6. The van der Waals surface area contributed by atoms with Gasteiger partial charge in [0.2, 0.25) is 0 Å². The summed E-state index contributed by atoms with van der Waals surface area (Å²) in [6.07, 6.45) is 0.275. The van der Waals surface area contributed by atoms with Crippen LogP contribution < -0.4 is 5.32 Å². The molecule has 0 aliphatic carbocycles. The molecule has 0 aromatic heterocycles. The predicted octanol–water partition coefficient (Wildman–Crippen LogP) is 0.0541. The van der Waals surface area contributed by atoms with Gasteiger partial charge in [-0.1, -0.05) is 6.92 Å². The molecule has 17 heavy (non-hydrogen) atoms. The highest BCUT2D eigenvalue weighted by Crippen LogP contribution is 1.96. The fraction of sp³-hybridized carbons (Fsp3) is 0.700. The van der Waals surface area contributed by atoms with E-state index in [0.717, 1.165) is 0 Å². The van der Waals surface area contributed by atoms with Crippen molar-refractivity contribution in [2.45, 2.75) is 26.3 Å². The molecule has 0 heterocycles. The number of likely N-dealkylation sites (N-methyl/N-ethyl adjacent to an activating group) is 1. The van der Waals surface area contributed by atoms with Gasteiger partial charge in [-0.2, -0.15) is 0 Å². The number of urea groups is 1. The molecule has 7 nitrogen and oxygen atoms in total. The monoisotopic (exact) mass is 246 g/mol. The standard InChI is InChI=1S/C10H18N2O5/c1-4-7(9(14)15)11-10(16)12(5-2)6-8(13)17-3/h7H,4-6H2,1-3H3,(H,11,16)(H,14,15)/t7-/m1/s1. The topological polar surface area (TPSA) is 95.9 Å². The molecule has 2 N–H and O–H groups in total. The van der Waals surface area contributed by atoms with Crippen LogP contribution >= 0.6 is 0 Å². The van der Waals surface area contributed by atoms with E-state index >= 15 is 0 Å². The first-order valence-electron chi connectivity index (χ1n) is 5.31. The molecule has 0 aromatic carbocycles. The van der Waals surface area contributed by atoms with E-state index in [-0.39, 0.29) is 19.5 Å². The Morgan fingerprint density at radius 2 is 1.94 bits per heavy atom. The van der Waals surface area contributed by atoms with Crippen molar-refractivity contribution < 1.29 is 24.2 Å². The second-order valence-electron chi connectivity index (χ2n) is 3.34. The molecular formula is C10H18N2O5. The summed E-state index contributed by atoms with van der Waals surface area (Å²) in [6.45, 7) is 3.42. The molecular weight excluding hydrogens is 228 g/mol. The third-order valence-electron chi connectivity index (χ3n) is 2.22. The van der Waals surface area contributed by atoms with E-state index in [1.165, 1.54) is 12.0 Å². The number of carboxylic acids is 1. The van der Waals surface area contributed by atoms with Crippen LogP contribution in [0.15, 0.2) is 0 Å². The van der Waals surface area contributed by atoms with Gasteiger partial charge in [0.1, 0.15) is 12.6 Å². The van der Waals surface area contributed by atoms with Gasteiger partial charge in [-0.3, -0.25) is 4.79 Å². The van der Waals surface area contributed by atoms with Crippen molar-refractivity contribution in [3.05, 3.63) is 0 Å². The normalized spacial score (nSPS) is 11.5. The lowest BCUT2D eigenvalue weighted by Gasteiger charge is -2.22. The van der Waals surface area contributed by atoms with Gasteiger partial charge in [0.25, 0.3) is 0 Å². The fourth-order valence-electron chi connectivity index (χ4n) is 1.13. The number of hydrogen-bond donors (Lipinski definition) is 2. The summed E-state index contributed by atoms with van der Waals surface area (Å²) in [5.41, 5.74) is 0. The molecule has 0 radical (unpaired) electrons. The third kappa shape index (κ3) is 5.19. The Labute approximate surface area is 99.7 Å². The zero-order chi connectivity index (χ0) is 13.4. The van der Waals surface area contributed by atoms with Crippen molar-refractivity contribution in [2.24, 2.45) is 0 Å². The van der Waals surface area contributed by atoms with E-state index in [1.807, 2.05) is 0 Å². The number of carboxylic acid groups (broad SMARTS) is 1. The predicted molar refractivity (Wildman–Crippen MR) is 59.5 cm³/mol. The molecule has 0 spiro atoms. The van der Waals surface area contributed by atoms with Crippen molar-refractivity contribution in [3.63, 3.8) is 0 Å².